The van der Waals surface area contributed by atoms with E-state index in [4.69, 9.17) is 4.74 Å². The van der Waals surface area contributed by atoms with Gasteiger partial charge in [-0.1, -0.05) is 6.07 Å². The number of alkyl halides is 3. The first-order valence-electron chi connectivity index (χ1n) is 9.74. The molecule has 0 radical (unpaired) electrons. The summed E-state index contributed by atoms with van der Waals surface area (Å²) in [5.74, 6) is -1.05. The van der Waals surface area contributed by atoms with Crippen LogP contribution in [0.2, 0.25) is 0 Å². The maximum absolute atomic E-state index is 13.9. The maximum Gasteiger partial charge on any atom is 0.416 e. The molecule has 3 amide bonds. The Kier molecular flexibility index (Phi) is 5.58. The van der Waals surface area contributed by atoms with Gasteiger partial charge in [0.2, 0.25) is 5.91 Å². The highest BCUT2D eigenvalue weighted by atomic mass is 19.4. The topological polar surface area (TPSA) is 73.9 Å². The number of nitrogens with one attached hydrogen (secondary N) is 2. The lowest BCUT2D eigenvalue weighted by Crippen LogP contribution is -2.68. The van der Waals surface area contributed by atoms with Crippen LogP contribution in [0.25, 0.3) is 0 Å². The fourth-order valence-electron chi connectivity index (χ4n) is 3.95. The number of carbonyl (C=O) groups is 2. The van der Waals surface area contributed by atoms with Crippen LogP contribution >= 0.6 is 0 Å². The molecule has 4 rings (SSSR count). The lowest BCUT2D eigenvalue weighted by atomic mass is 9.97. The molecule has 0 aromatic heterocycles. The number of amides is 3. The molecule has 0 spiro atoms. The second kappa shape index (κ2) is 8.03. The van der Waals surface area contributed by atoms with Crippen molar-refractivity contribution >= 4 is 11.9 Å². The fourth-order valence-corrected chi connectivity index (χ4v) is 3.95. The standard InChI is InChI=1S/C19H22F4N4O3/c20-14-5-12(19(21,22)23)2-1-11(14)10-30-13-7-27(8-13)18(29)26-4-3-15-16(9-26)25-17(28)6-24-15/h1-2,5,13,15-16,24H,3-4,6-10H2,(H,25,28)/t15?,16-/m1/s1. The molecule has 7 nitrogen and oxygen atoms in total. The Morgan fingerprint density at radius 2 is 1.93 bits per heavy atom. The molecule has 3 aliphatic heterocycles. The van der Waals surface area contributed by atoms with Crippen LogP contribution in [0, 0.1) is 5.82 Å². The van der Waals surface area contributed by atoms with Crippen molar-refractivity contribution in [1.82, 2.24) is 20.4 Å². The Morgan fingerprint density at radius 3 is 2.63 bits per heavy atom. The van der Waals surface area contributed by atoms with Gasteiger partial charge in [-0.15, -0.1) is 0 Å². The van der Waals surface area contributed by atoms with Gasteiger partial charge in [0.05, 0.1) is 44.0 Å². The number of carbonyl (C=O) groups excluding carboxylic acids is 2. The van der Waals surface area contributed by atoms with Gasteiger partial charge < -0.3 is 25.2 Å². The molecule has 2 N–H and O–H groups in total. The molecule has 1 unspecified atom stereocenters. The van der Waals surface area contributed by atoms with Gasteiger partial charge in [0.25, 0.3) is 0 Å². The highest BCUT2D eigenvalue weighted by molar-refractivity contribution is 5.80. The number of hydrogen-bond acceptors (Lipinski definition) is 4. The van der Waals surface area contributed by atoms with Crippen LogP contribution in [-0.4, -0.2) is 72.6 Å². The average Bonchev–Trinajstić information content (AvgIpc) is 2.66. The van der Waals surface area contributed by atoms with Gasteiger partial charge in [0.15, 0.2) is 0 Å². The maximum atomic E-state index is 13.9. The second-order valence-electron chi connectivity index (χ2n) is 7.82. The van der Waals surface area contributed by atoms with E-state index in [9.17, 15) is 27.2 Å². The quantitative estimate of drug-likeness (QED) is 0.710. The van der Waals surface area contributed by atoms with Crippen molar-refractivity contribution in [2.24, 2.45) is 0 Å². The summed E-state index contributed by atoms with van der Waals surface area (Å²) >= 11 is 0. The molecule has 0 saturated carbocycles. The Balaban J connectivity index is 1.23. The largest absolute Gasteiger partial charge is 0.416 e. The van der Waals surface area contributed by atoms with Crippen molar-refractivity contribution in [3.63, 3.8) is 0 Å². The van der Waals surface area contributed by atoms with Gasteiger partial charge in [-0.3, -0.25) is 4.79 Å². The van der Waals surface area contributed by atoms with Crippen molar-refractivity contribution < 1.29 is 31.9 Å². The first kappa shape index (κ1) is 20.9. The van der Waals surface area contributed by atoms with Crippen LogP contribution in [0.1, 0.15) is 17.5 Å². The van der Waals surface area contributed by atoms with Crippen LogP contribution in [0.5, 0.6) is 0 Å². The van der Waals surface area contributed by atoms with Gasteiger partial charge in [0, 0.05) is 24.7 Å². The molecule has 3 fully saturated rings. The minimum atomic E-state index is -4.60. The minimum Gasteiger partial charge on any atom is -0.370 e. The van der Waals surface area contributed by atoms with Crippen LogP contribution in [-0.2, 0) is 22.3 Å². The molecule has 11 heteroatoms. The highest BCUT2D eigenvalue weighted by Crippen LogP contribution is 2.30. The molecule has 2 atom stereocenters. The third kappa shape index (κ3) is 4.36. The average molecular weight is 430 g/mol. The van der Waals surface area contributed by atoms with Gasteiger partial charge in [-0.2, -0.15) is 13.2 Å². The molecule has 30 heavy (non-hydrogen) atoms. The molecule has 3 aliphatic rings. The Morgan fingerprint density at radius 1 is 1.17 bits per heavy atom. The summed E-state index contributed by atoms with van der Waals surface area (Å²) in [5.41, 5.74) is -1.01. The van der Waals surface area contributed by atoms with E-state index in [1.54, 1.807) is 9.80 Å². The van der Waals surface area contributed by atoms with E-state index < -0.39 is 17.6 Å². The van der Waals surface area contributed by atoms with Crippen molar-refractivity contribution in [2.75, 3.05) is 32.7 Å². The van der Waals surface area contributed by atoms with Gasteiger partial charge in [-0.05, 0) is 18.6 Å². The molecule has 1 aromatic carbocycles. The van der Waals surface area contributed by atoms with Crippen LogP contribution < -0.4 is 10.6 Å². The van der Waals surface area contributed by atoms with E-state index in [0.29, 0.717) is 38.8 Å². The Bertz CT molecular complexity index is 828. The molecule has 3 saturated heterocycles. The smallest absolute Gasteiger partial charge is 0.370 e. The molecular weight excluding hydrogens is 408 g/mol. The Hall–Kier alpha value is -2.40. The normalized spacial score (nSPS) is 24.9. The number of nitrogens with zero attached hydrogens (tertiary/aromatic N) is 2. The summed E-state index contributed by atoms with van der Waals surface area (Å²) in [7, 11) is 0. The number of hydrogen-bond donors (Lipinski definition) is 2. The summed E-state index contributed by atoms with van der Waals surface area (Å²) in [4.78, 5) is 27.5. The van der Waals surface area contributed by atoms with Gasteiger partial charge in [-0.25, -0.2) is 9.18 Å². The number of likely N-dealkylation sites (tertiary alicyclic amines) is 2. The fraction of sp³-hybridized carbons (Fsp3) is 0.579. The Labute approximate surface area is 170 Å². The van der Waals surface area contributed by atoms with Crippen LogP contribution in [0.15, 0.2) is 18.2 Å². The summed E-state index contributed by atoms with van der Waals surface area (Å²) in [6.07, 6.45) is -4.15. The van der Waals surface area contributed by atoms with Crippen molar-refractivity contribution in [1.29, 1.82) is 0 Å². The second-order valence-corrected chi connectivity index (χ2v) is 7.82. The first-order chi connectivity index (χ1) is 14.2. The predicted octanol–water partition coefficient (Wildman–Crippen LogP) is 1.33. The van der Waals surface area contributed by atoms with E-state index in [0.717, 1.165) is 18.6 Å². The molecule has 3 heterocycles. The number of benzene rings is 1. The monoisotopic (exact) mass is 430 g/mol. The van der Waals surface area contributed by atoms with Gasteiger partial charge >= 0.3 is 12.2 Å². The van der Waals surface area contributed by atoms with Crippen molar-refractivity contribution in [2.45, 2.75) is 37.4 Å². The third-order valence-corrected chi connectivity index (χ3v) is 5.73. The van der Waals surface area contributed by atoms with Crippen LogP contribution in [0.3, 0.4) is 0 Å². The van der Waals surface area contributed by atoms with Gasteiger partial charge in [0.1, 0.15) is 5.82 Å². The van der Waals surface area contributed by atoms with E-state index in [1.807, 2.05) is 0 Å². The highest BCUT2D eigenvalue weighted by Gasteiger charge is 2.39. The zero-order valence-corrected chi connectivity index (χ0v) is 16.0. The summed E-state index contributed by atoms with van der Waals surface area (Å²) in [6, 6.07) is 2.25. The van der Waals surface area contributed by atoms with E-state index in [2.05, 4.69) is 10.6 Å². The number of fused-ring (bicyclic) bond motifs is 1. The zero-order chi connectivity index (χ0) is 21.5. The van der Waals surface area contributed by atoms with E-state index >= 15 is 0 Å². The molecule has 164 valence electrons. The van der Waals surface area contributed by atoms with Crippen molar-refractivity contribution in [3.05, 3.63) is 35.1 Å². The predicted molar refractivity (Wildman–Crippen MR) is 96.9 cm³/mol. The summed E-state index contributed by atoms with van der Waals surface area (Å²) < 4.78 is 57.2. The lowest BCUT2D eigenvalue weighted by Gasteiger charge is -2.46. The number of halogens is 4. The number of piperazine rings is 1. The third-order valence-electron chi connectivity index (χ3n) is 5.73. The molecule has 1 aromatic rings. The lowest BCUT2D eigenvalue weighted by molar-refractivity contribution is -0.137. The summed E-state index contributed by atoms with van der Waals surface area (Å²) in [6.45, 7) is 1.80. The van der Waals surface area contributed by atoms with E-state index in [-0.39, 0.29) is 42.3 Å². The first-order valence-corrected chi connectivity index (χ1v) is 9.74. The summed E-state index contributed by atoms with van der Waals surface area (Å²) in [5, 5.41) is 6.07. The number of piperidine rings is 1. The van der Waals surface area contributed by atoms with E-state index in [1.165, 1.54) is 0 Å². The minimum absolute atomic E-state index is 0.0374. The molecule has 0 bridgehead atoms. The SMILES string of the molecule is O=C1CNC2CCN(C(=O)N3CC(OCc4ccc(C(F)(F)F)cc4F)C3)C[C@H]2N1. The van der Waals surface area contributed by atoms with Crippen LogP contribution in [0.4, 0.5) is 22.4 Å². The molecular formula is C19H22F4N4O3. The number of rotatable bonds is 3. The molecule has 0 aliphatic carbocycles. The van der Waals surface area contributed by atoms with Crippen molar-refractivity contribution in [3.8, 4) is 0 Å². The zero-order valence-electron chi connectivity index (χ0n) is 16.0. The number of ether oxygens (including phenoxy) is 1. The number of urea groups is 1.